The summed E-state index contributed by atoms with van der Waals surface area (Å²) in [5, 5.41) is 6.54. The molecule has 0 saturated carbocycles. The van der Waals surface area contributed by atoms with Crippen molar-refractivity contribution in [3.05, 3.63) is 108 Å². The molecule has 248 valence electrons. The molecule has 0 unspecified atom stereocenters. The van der Waals surface area contributed by atoms with E-state index in [-0.39, 0.29) is 31.5 Å². The number of nitrogens with zero attached hydrogens (tertiary/aromatic N) is 1. The highest BCUT2D eigenvalue weighted by molar-refractivity contribution is 8.15. The summed E-state index contributed by atoms with van der Waals surface area (Å²) in [5.74, 6) is 2.98. The maximum absolute atomic E-state index is 11.6. The molecular formula is C34H43N3O6S3. The van der Waals surface area contributed by atoms with Crippen molar-refractivity contribution >= 4 is 53.8 Å². The molecule has 4 rings (SSSR count). The second kappa shape index (κ2) is 23.8. The van der Waals surface area contributed by atoms with Gasteiger partial charge in [0.15, 0.2) is 0 Å². The van der Waals surface area contributed by atoms with Crippen LogP contribution >= 0.6 is 35.5 Å². The van der Waals surface area contributed by atoms with Gasteiger partial charge in [-0.25, -0.2) is 14.4 Å². The molecule has 2 N–H and O–H groups in total. The molecule has 1 fully saturated rings. The smallest absolute Gasteiger partial charge is 0.420 e. The van der Waals surface area contributed by atoms with Gasteiger partial charge in [0.05, 0.1) is 0 Å². The number of carbonyl (C=O) groups is 3. The molecule has 0 atom stereocenters. The van der Waals surface area contributed by atoms with Crippen LogP contribution in [-0.2, 0) is 34.0 Å². The van der Waals surface area contributed by atoms with Crippen molar-refractivity contribution in [2.24, 2.45) is 0 Å². The largest absolute Gasteiger partial charge is 0.445 e. The molecule has 1 saturated heterocycles. The summed E-state index contributed by atoms with van der Waals surface area (Å²) in [7, 11) is 0. The van der Waals surface area contributed by atoms with Crippen LogP contribution in [0.5, 0.6) is 0 Å². The average Bonchev–Trinajstić information content (AvgIpc) is 3.65. The topological polar surface area (TPSA) is 106 Å². The van der Waals surface area contributed by atoms with Gasteiger partial charge >= 0.3 is 18.3 Å². The van der Waals surface area contributed by atoms with Crippen LogP contribution in [-0.4, -0.2) is 64.6 Å². The number of hydrogen-bond acceptors (Lipinski definition) is 9. The minimum absolute atomic E-state index is 0.221. The van der Waals surface area contributed by atoms with E-state index in [1.165, 1.54) is 0 Å². The highest BCUT2D eigenvalue weighted by atomic mass is 32.2. The molecule has 12 heteroatoms. The van der Waals surface area contributed by atoms with E-state index in [1.54, 1.807) is 16.3 Å². The second-order valence-corrected chi connectivity index (χ2v) is 13.6. The van der Waals surface area contributed by atoms with Gasteiger partial charge in [0.1, 0.15) is 19.8 Å². The van der Waals surface area contributed by atoms with E-state index in [0.717, 1.165) is 64.8 Å². The third kappa shape index (κ3) is 17.3. The quantitative estimate of drug-likeness (QED) is 0.0679. The second-order valence-electron chi connectivity index (χ2n) is 9.95. The van der Waals surface area contributed by atoms with Crippen molar-refractivity contribution in [2.45, 2.75) is 39.1 Å². The van der Waals surface area contributed by atoms with Crippen LogP contribution in [0.1, 0.15) is 36.0 Å². The van der Waals surface area contributed by atoms with Crippen LogP contribution in [0.3, 0.4) is 0 Å². The number of hydrogen-bond donors (Lipinski definition) is 2. The predicted octanol–water partition coefficient (Wildman–Crippen LogP) is 7.72. The first-order valence-corrected chi connectivity index (χ1v) is 18.5. The number of alkyl carbamates (subject to hydrolysis) is 2. The highest BCUT2D eigenvalue weighted by Crippen LogP contribution is 2.21. The SMILES string of the molecule is O=C(NCCCSCSCCCNC(=O)OCc1ccccc1)OCc1ccccc1.O=C(OCc1ccccc1)N1CCCS1. The molecule has 0 spiro atoms. The van der Waals surface area contributed by atoms with Crippen molar-refractivity contribution in [3.8, 4) is 0 Å². The molecule has 3 aromatic carbocycles. The van der Waals surface area contributed by atoms with Crippen LogP contribution < -0.4 is 10.6 Å². The summed E-state index contributed by atoms with van der Waals surface area (Å²) in [6.45, 7) is 2.96. The first kappa shape index (κ1) is 37.0. The van der Waals surface area contributed by atoms with E-state index >= 15 is 0 Å². The Labute approximate surface area is 285 Å². The maximum atomic E-state index is 11.6. The Morgan fingerprint density at radius 1 is 0.652 bits per heavy atom. The number of nitrogens with one attached hydrogen (secondary N) is 2. The molecule has 0 aliphatic carbocycles. The molecule has 1 aliphatic rings. The third-order valence-electron chi connectivity index (χ3n) is 6.22. The van der Waals surface area contributed by atoms with E-state index < -0.39 is 0 Å². The Kier molecular flexibility index (Phi) is 19.1. The van der Waals surface area contributed by atoms with Crippen molar-refractivity contribution in [3.63, 3.8) is 0 Å². The molecule has 1 aliphatic heterocycles. The van der Waals surface area contributed by atoms with Crippen LogP contribution in [0.25, 0.3) is 0 Å². The number of amides is 3. The molecule has 46 heavy (non-hydrogen) atoms. The lowest BCUT2D eigenvalue weighted by Crippen LogP contribution is -2.25. The minimum atomic E-state index is -0.377. The first-order valence-electron chi connectivity index (χ1n) is 15.3. The van der Waals surface area contributed by atoms with Gasteiger partial charge in [0, 0.05) is 30.5 Å². The zero-order valence-corrected chi connectivity index (χ0v) is 28.4. The lowest BCUT2D eigenvalue weighted by atomic mass is 10.2. The molecule has 3 aromatic rings. The molecule has 9 nitrogen and oxygen atoms in total. The molecule has 3 amide bonds. The third-order valence-corrected chi connectivity index (χ3v) is 9.83. The summed E-state index contributed by atoms with van der Waals surface area (Å²) in [4.78, 5) is 34.8. The summed E-state index contributed by atoms with van der Waals surface area (Å²) in [6, 6.07) is 29.0. The van der Waals surface area contributed by atoms with Crippen molar-refractivity contribution in [1.29, 1.82) is 0 Å². The molecular weight excluding hydrogens is 643 g/mol. The first-order chi connectivity index (χ1) is 22.6. The van der Waals surface area contributed by atoms with Gasteiger partial charge in [-0.2, -0.15) is 23.5 Å². The Morgan fingerprint density at radius 3 is 1.50 bits per heavy atom. The number of carbonyl (C=O) groups excluding carboxylic acids is 3. The maximum Gasteiger partial charge on any atom is 0.420 e. The number of benzene rings is 3. The normalized spacial score (nSPS) is 12.0. The Balaban J connectivity index is 0.000000318. The van der Waals surface area contributed by atoms with E-state index in [2.05, 4.69) is 10.6 Å². The van der Waals surface area contributed by atoms with Crippen LogP contribution in [0.15, 0.2) is 91.0 Å². The van der Waals surface area contributed by atoms with Gasteiger partial charge in [0.25, 0.3) is 0 Å². The fourth-order valence-electron chi connectivity index (χ4n) is 3.84. The van der Waals surface area contributed by atoms with Crippen LogP contribution in [0, 0.1) is 0 Å². The van der Waals surface area contributed by atoms with Crippen molar-refractivity contribution < 1.29 is 28.6 Å². The minimum Gasteiger partial charge on any atom is -0.445 e. The predicted molar refractivity (Wildman–Crippen MR) is 189 cm³/mol. The Morgan fingerprint density at radius 2 is 1.09 bits per heavy atom. The number of thioether (sulfide) groups is 2. The number of ether oxygens (including phenoxy) is 3. The monoisotopic (exact) mass is 685 g/mol. The van der Waals surface area contributed by atoms with Crippen molar-refractivity contribution in [1.82, 2.24) is 14.9 Å². The van der Waals surface area contributed by atoms with Gasteiger partial charge in [-0.3, -0.25) is 4.31 Å². The standard InChI is InChI=1S/C23H30N2O4S2.C11H13NO2S/c26-22(28-17-20-9-3-1-4-10-20)24-13-7-15-30-19-31-16-8-14-25-23(27)29-18-21-11-5-2-6-12-21;13-11(12-7-4-8-15-12)14-9-10-5-2-1-3-6-10/h1-6,9-12H,7-8,13-19H2,(H,24,26)(H,25,27);1-3,5-6H,4,7-9H2. The summed E-state index contributed by atoms with van der Waals surface area (Å²) >= 11 is 5.23. The van der Waals surface area contributed by atoms with Crippen molar-refractivity contribution in [2.75, 3.05) is 42.0 Å². The molecule has 0 radical (unpaired) electrons. The van der Waals surface area contributed by atoms with E-state index in [0.29, 0.717) is 19.7 Å². The Bertz CT molecular complexity index is 1190. The lowest BCUT2D eigenvalue weighted by Gasteiger charge is -2.13. The summed E-state index contributed by atoms with van der Waals surface area (Å²) < 4.78 is 17.2. The summed E-state index contributed by atoms with van der Waals surface area (Å²) in [6.07, 6.45) is 1.89. The van der Waals surface area contributed by atoms with E-state index in [9.17, 15) is 14.4 Å². The zero-order chi connectivity index (χ0) is 32.5. The summed E-state index contributed by atoms with van der Waals surface area (Å²) in [5.41, 5.74) is 2.98. The highest BCUT2D eigenvalue weighted by Gasteiger charge is 2.20. The average molecular weight is 686 g/mol. The van der Waals surface area contributed by atoms with Gasteiger partial charge in [-0.1, -0.05) is 91.0 Å². The van der Waals surface area contributed by atoms with Gasteiger partial charge in [-0.15, -0.1) is 0 Å². The fraction of sp³-hybridized carbons (Fsp3) is 0.382. The van der Waals surface area contributed by atoms with E-state index in [1.807, 2.05) is 115 Å². The number of rotatable bonds is 16. The Hall–Kier alpha value is -3.48. The van der Waals surface area contributed by atoms with Gasteiger partial charge in [-0.05, 0) is 59.4 Å². The lowest BCUT2D eigenvalue weighted by molar-refractivity contribution is 0.123. The van der Waals surface area contributed by atoms with E-state index in [4.69, 9.17) is 14.2 Å². The molecule has 0 bridgehead atoms. The van der Waals surface area contributed by atoms with Gasteiger partial charge < -0.3 is 24.8 Å². The van der Waals surface area contributed by atoms with Crippen LogP contribution in [0.2, 0.25) is 0 Å². The zero-order valence-electron chi connectivity index (χ0n) is 26.0. The fourth-order valence-corrected chi connectivity index (χ4v) is 6.84. The van der Waals surface area contributed by atoms with Crippen LogP contribution in [0.4, 0.5) is 14.4 Å². The molecule has 0 aromatic heterocycles. The molecule has 1 heterocycles. The van der Waals surface area contributed by atoms with Gasteiger partial charge in [0.2, 0.25) is 0 Å².